The van der Waals surface area contributed by atoms with Gasteiger partial charge in [0.2, 0.25) is 5.91 Å². The average Bonchev–Trinajstić information content (AvgIpc) is 2.90. The number of rotatable bonds is 3. The molecule has 3 nitrogen and oxygen atoms in total. The molecule has 98 valence electrons. The van der Waals surface area contributed by atoms with Gasteiger partial charge in [-0.05, 0) is 31.6 Å². The number of hydrogen-bond donors (Lipinski definition) is 1. The van der Waals surface area contributed by atoms with Crippen molar-refractivity contribution in [1.82, 2.24) is 4.90 Å². The third-order valence-corrected chi connectivity index (χ3v) is 4.88. The molecule has 0 spiro atoms. The minimum absolute atomic E-state index is 0.0973. The van der Waals surface area contributed by atoms with E-state index >= 15 is 0 Å². The molecule has 0 saturated carbocycles. The lowest BCUT2D eigenvalue weighted by Crippen LogP contribution is -2.35. The van der Waals surface area contributed by atoms with Crippen molar-refractivity contribution >= 4 is 17.7 Å². The average molecular weight is 265 g/mol. The summed E-state index contributed by atoms with van der Waals surface area (Å²) < 4.78 is 0. The molecule has 1 aliphatic heterocycles. The van der Waals surface area contributed by atoms with Crippen LogP contribution in [0, 0.1) is 0 Å². The van der Waals surface area contributed by atoms with Crippen molar-refractivity contribution in [1.29, 1.82) is 0 Å². The second-order valence-corrected chi connectivity index (χ2v) is 6.00. The first-order chi connectivity index (χ1) is 8.61. The number of thioether (sulfide) groups is 1. The molecule has 0 aliphatic carbocycles. The first-order valence-electron chi connectivity index (χ1n) is 6.27. The number of aromatic hydroxyl groups is 1. The van der Waals surface area contributed by atoms with Gasteiger partial charge in [0.1, 0.15) is 5.75 Å². The quantitative estimate of drug-likeness (QED) is 0.913. The van der Waals surface area contributed by atoms with E-state index in [4.69, 9.17) is 0 Å². The number of para-hydroxylation sites is 1. The summed E-state index contributed by atoms with van der Waals surface area (Å²) in [6, 6.07) is 7.11. The van der Waals surface area contributed by atoms with Gasteiger partial charge in [0.05, 0.1) is 11.3 Å². The Morgan fingerprint density at radius 3 is 2.83 bits per heavy atom. The SMILES string of the molecule is CC(c1ccccc1O)N(C)C(=O)C1CCCS1. The topological polar surface area (TPSA) is 40.5 Å². The smallest absolute Gasteiger partial charge is 0.235 e. The predicted octanol–water partition coefficient (Wildman–Crippen LogP) is 2.81. The Morgan fingerprint density at radius 2 is 2.22 bits per heavy atom. The molecule has 1 aromatic rings. The molecule has 1 N–H and O–H groups in total. The first kappa shape index (κ1) is 13.3. The standard InChI is InChI=1S/C14H19NO2S/c1-10(11-6-3-4-7-12(11)16)15(2)14(17)13-8-5-9-18-13/h3-4,6-7,10,13,16H,5,8-9H2,1-2H3. The summed E-state index contributed by atoms with van der Waals surface area (Å²) in [5, 5.41) is 9.93. The van der Waals surface area contributed by atoms with Crippen LogP contribution >= 0.6 is 11.8 Å². The summed E-state index contributed by atoms with van der Waals surface area (Å²) in [4.78, 5) is 14.0. The zero-order chi connectivity index (χ0) is 13.1. The normalized spacial score (nSPS) is 20.7. The lowest BCUT2D eigenvalue weighted by Gasteiger charge is -2.28. The van der Waals surface area contributed by atoms with Crippen molar-refractivity contribution in [2.24, 2.45) is 0 Å². The molecule has 1 saturated heterocycles. The number of nitrogens with zero attached hydrogens (tertiary/aromatic N) is 1. The molecule has 1 heterocycles. The highest BCUT2D eigenvalue weighted by Gasteiger charge is 2.29. The first-order valence-corrected chi connectivity index (χ1v) is 7.32. The maximum absolute atomic E-state index is 12.3. The third kappa shape index (κ3) is 2.64. The molecular weight excluding hydrogens is 246 g/mol. The molecule has 0 radical (unpaired) electrons. The highest BCUT2D eigenvalue weighted by molar-refractivity contribution is 8.00. The maximum atomic E-state index is 12.3. The van der Waals surface area contributed by atoms with E-state index in [0.29, 0.717) is 0 Å². The van der Waals surface area contributed by atoms with Crippen LogP contribution in [0.15, 0.2) is 24.3 Å². The van der Waals surface area contributed by atoms with Gasteiger partial charge in [-0.25, -0.2) is 0 Å². The second kappa shape index (κ2) is 5.65. The van der Waals surface area contributed by atoms with Gasteiger partial charge >= 0.3 is 0 Å². The summed E-state index contributed by atoms with van der Waals surface area (Å²) >= 11 is 1.74. The zero-order valence-electron chi connectivity index (χ0n) is 10.8. The maximum Gasteiger partial charge on any atom is 0.235 e. The monoisotopic (exact) mass is 265 g/mol. The molecule has 0 bridgehead atoms. The fourth-order valence-corrected chi connectivity index (χ4v) is 3.50. The summed E-state index contributed by atoms with van der Waals surface area (Å²) in [7, 11) is 1.82. The summed E-state index contributed by atoms with van der Waals surface area (Å²) in [5.41, 5.74) is 0.802. The minimum atomic E-state index is -0.0973. The van der Waals surface area contributed by atoms with Gasteiger partial charge in [0.25, 0.3) is 0 Å². The Balaban J connectivity index is 2.10. The molecule has 1 amide bonds. The van der Waals surface area contributed by atoms with Crippen molar-refractivity contribution in [3.8, 4) is 5.75 Å². The van der Waals surface area contributed by atoms with Crippen LogP contribution in [0.2, 0.25) is 0 Å². The number of amides is 1. The number of carbonyl (C=O) groups is 1. The molecule has 2 rings (SSSR count). The number of phenolic OH excluding ortho intramolecular Hbond substituents is 1. The fraction of sp³-hybridized carbons (Fsp3) is 0.500. The van der Waals surface area contributed by atoms with Crippen LogP contribution in [-0.2, 0) is 4.79 Å². The van der Waals surface area contributed by atoms with Gasteiger partial charge in [-0.3, -0.25) is 4.79 Å². The molecule has 0 aromatic heterocycles. The molecule has 2 atom stereocenters. The summed E-state index contributed by atoms with van der Waals surface area (Å²) in [5.74, 6) is 1.51. The zero-order valence-corrected chi connectivity index (χ0v) is 11.6. The fourth-order valence-electron chi connectivity index (χ4n) is 2.24. The van der Waals surface area contributed by atoms with E-state index in [1.165, 1.54) is 0 Å². The van der Waals surface area contributed by atoms with Crippen molar-refractivity contribution in [3.63, 3.8) is 0 Å². The third-order valence-electron chi connectivity index (χ3n) is 3.52. The molecule has 18 heavy (non-hydrogen) atoms. The Hall–Kier alpha value is -1.16. The van der Waals surface area contributed by atoms with Gasteiger partial charge in [-0.2, -0.15) is 0 Å². The molecule has 1 aromatic carbocycles. The largest absolute Gasteiger partial charge is 0.508 e. The van der Waals surface area contributed by atoms with Crippen LogP contribution in [0.25, 0.3) is 0 Å². The lowest BCUT2D eigenvalue weighted by molar-refractivity contribution is -0.131. The van der Waals surface area contributed by atoms with Gasteiger partial charge < -0.3 is 10.0 Å². The van der Waals surface area contributed by atoms with Crippen LogP contribution in [0.4, 0.5) is 0 Å². The van der Waals surface area contributed by atoms with Crippen molar-refractivity contribution in [2.45, 2.75) is 31.1 Å². The van der Waals surface area contributed by atoms with Gasteiger partial charge in [-0.1, -0.05) is 18.2 Å². The number of benzene rings is 1. The van der Waals surface area contributed by atoms with Crippen LogP contribution in [-0.4, -0.2) is 34.0 Å². The van der Waals surface area contributed by atoms with E-state index < -0.39 is 0 Å². The summed E-state index contributed by atoms with van der Waals surface area (Å²) in [6.45, 7) is 1.95. The van der Waals surface area contributed by atoms with Crippen LogP contribution in [0.5, 0.6) is 5.75 Å². The van der Waals surface area contributed by atoms with Crippen molar-refractivity contribution in [2.75, 3.05) is 12.8 Å². The Labute approximate surface area is 112 Å². The highest BCUT2D eigenvalue weighted by Crippen LogP contribution is 2.32. The Kier molecular flexibility index (Phi) is 4.17. The van der Waals surface area contributed by atoms with Crippen LogP contribution < -0.4 is 0 Å². The van der Waals surface area contributed by atoms with E-state index in [-0.39, 0.29) is 22.9 Å². The van der Waals surface area contributed by atoms with Gasteiger partial charge in [0, 0.05) is 12.6 Å². The van der Waals surface area contributed by atoms with E-state index in [1.807, 2.05) is 26.1 Å². The highest BCUT2D eigenvalue weighted by atomic mass is 32.2. The summed E-state index contributed by atoms with van der Waals surface area (Å²) in [6.07, 6.45) is 2.10. The molecule has 1 aliphatic rings. The minimum Gasteiger partial charge on any atom is -0.508 e. The number of phenols is 1. The van der Waals surface area contributed by atoms with E-state index in [9.17, 15) is 9.90 Å². The molecule has 4 heteroatoms. The van der Waals surface area contributed by atoms with Crippen molar-refractivity contribution in [3.05, 3.63) is 29.8 Å². The van der Waals surface area contributed by atoms with Crippen molar-refractivity contribution < 1.29 is 9.90 Å². The van der Waals surface area contributed by atoms with Gasteiger partial charge in [0.15, 0.2) is 0 Å². The number of carbonyl (C=O) groups excluding carboxylic acids is 1. The van der Waals surface area contributed by atoms with Gasteiger partial charge in [-0.15, -0.1) is 11.8 Å². The Morgan fingerprint density at radius 1 is 1.50 bits per heavy atom. The number of hydrogen-bond acceptors (Lipinski definition) is 3. The lowest BCUT2D eigenvalue weighted by atomic mass is 10.1. The van der Waals surface area contributed by atoms with Crippen LogP contribution in [0.3, 0.4) is 0 Å². The molecule has 2 unspecified atom stereocenters. The Bertz CT molecular complexity index is 430. The molecular formula is C14H19NO2S. The predicted molar refractivity (Wildman–Crippen MR) is 74.8 cm³/mol. The second-order valence-electron chi connectivity index (χ2n) is 4.69. The van der Waals surface area contributed by atoms with E-state index in [1.54, 1.807) is 28.8 Å². The van der Waals surface area contributed by atoms with E-state index in [0.717, 1.165) is 24.2 Å². The molecule has 1 fully saturated rings. The van der Waals surface area contributed by atoms with E-state index in [2.05, 4.69) is 0 Å². The van der Waals surface area contributed by atoms with Crippen LogP contribution in [0.1, 0.15) is 31.4 Å².